The van der Waals surface area contributed by atoms with Gasteiger partial charge in [-0.15, -0.1) is 0 Å². The molecule has 0 aliphatic rings. The van der Waals surface area contributed by atoms with Gasteiger partial charge in [-0.05, 0) is 60.4 Å². The molecule has 112 valence electrons. The zero-order valence-electron chi connectivity index (χ0n) is 13.1. The fourth-order valence-electron chi connectivity index (χ4n) is 2.19. The van der Waals surface area contributed by atoms with Gasteiger partial charge in [0.1, 0.15) is 11.5 Å². The average Bonchev–Trinajstić information content (AvgIpc) is 2.50. The number of methoxy groups -OCH3 is 2. The summed E-state index contributed by atoms with van der Waals surface area (Å²) >= 11 is 1.93. The smallest absolute Gasteiger partial charge is 0.119 e. The molecule has 3 heteroatoms. The topological polar surface area (TPSA) is 18.5 Å². The summed E-state index contributed by atoms with van der Waals surface area (Å²) in [5.74, 6) is 3.88. The molecule has 0 saturated carbocycles. The maximum atomic E-state index is 5.24. The van der Waals surface area contributed by atoms with Crippen LogP contribution in [0.3, 0.4) is 0 Å². The molecule has 2 rings (SSSR count). The summed E-state index contributed by atoms with van der Waals surface area (Å²) in [7, 11) is 3.41. The van der Waals surface area contributed by atoms with Crippen LogP contribution < -0.4 is 9.47 Å². The van der Waals surface area contributed by atoms with Crippen LogP contribution in [0.25, 0.3) is 0 Å². The highest BCUT2D eigenvalue weighted by molar-refractivity contribution is 7.97. The summed E-state index contributed by atoms with van der Waals surface area (Å²) in [5, 5.41) is 0. The molecule has 0 spiro atoms. The first-order valence-electron chi connectivity index (χ1n) is 6.99. The molecule has 0 fully saturated rings. The Morgan fingerprint density at radius 2 is 1.19 bits per heavy atom. The molecule has 0 aromatic heterocycles. The molecule has 2 aromatic carbocycles. The molecule has 0 bridgehead atoms. The molecule has 2 nitrogen and oxygen atoms in total. The van der Waals surface area contributed by atoms with Crippen LogP contribution in [0, 0.1) is 13.8 Å². The molecule has 21 heavy (non-hydrogen) atoms. The first-order valence-corrected chi connectivity index (χ1v) is 8.14. The van der Waals surface area contributed by atoms with E-state index in [1.54, 1.807) is 14.2 Å². The van der Waals surface area contributed by atoms with E-state index in [1.807, 2.05) is 23.9 Å². The Morgan fingerprint density at radius 3 is 1.52 bits per heavy atom. The number of aryl methyl sites for hydroxylation is 2. The highest BCUT2D eigenvalue weighted by atomic mass is 32.2. The van der Waals surface area contributed by atoms with Gasteiger partial charge in [-0.2, -0.15) is 11.8 Å². The van der Waals surface area contributed by atoms with Gasteiger partial charge in [0.2, 0.25) is 0 Å². The summed E-state index contributed by atoms with van der Waals surface area (Å²) in [6.45, 7) is 4.27. The van der Waals surface area contributed by atoms with Crippen molar-refractivity contribution in [2.24, 2.45) is 0 Å². The molecular weight excluding hydrogens is 280 g/mol. The standard InChI is InChI=1S/C18H22O2S/c1-13-9-17(19-3)7-5-15(13)11-21-12-16-6-8-18(20-4)10-14(16)2/h5-10H,11-12H2,1-4H3. The van der Waals surface area contributed by atoms with Gasteiger partial charge in [0.15, 0.2) is 0 Å². The molecule has 0 saturated heterocycles. The van der Waals surface area contributed by atoms with Crippen molar-refractivity contribution in [2.75, 3.05) is 14.2 Å². The van der Waals surface area contributed by atoms with Crippen molar-refractivity contribution in [3.05, 3.63) is 58.7 Å². The third kappa shape index (κ3) is 4.18. The highest BCUT2D eigenvalue weighted by Crippen LogP contribution is 2.25. The van der Waals surface area contributed by atoms with Crippen LogP contribution >= 0.6 is 11.8 Å². The Morgan fingerprint density at radius 1 is 0.762 bits per heavy atom. The van der Waals surface area contributed by atoms with Crippen molar-refractivity contribution in [2.45, 2.75) is 25.4 Å². The minimum Gasteiger partial charge on any atom is -0.497 e. The van der Waals surface area contributed by atoms with Crippen molar-refractivity contribution in [1.29, 1.82) is 0 Å². The van der Waals surface area contributed by atoms with E-state index in [4.69, 9.17) is 9.47 Å². The predicted molar refractivity (Wildman–Crippen MR) is 90.5 cm³/mol. The first-order chi connectivity index (χ1) is 10.1. The van der Waals surface area contributed by atoms with Gasteiger partial charge < -0.3 is 9.47 Å². The molecular formula is C18H22O2S. The minimum absolute atomic E-state index is 0.923. The Bertz CT molecular complexity index is 555. The van der Waals surface area contributed by atoms with Gasteiger partial charge in [0.05, 0.1) is 14.2 Å². The fourth-order valence-corrected chi connectivity index (χ4v) is 3.38. The van der Waals surface area contributed by atoms with Crippen LogP contribution in [-0.2, 0) is 11.5 Å². The van der Waals surface area contributed by atoms with Crippen molar-refractivity contribution >= 4 is 11.8 Å². The Hall–Kier alpha value is -1.61. The zero-order valence-corrected chi connectivity index (χ0v) is 13.9. The average molecular weight is 302 g/mol. The van der Waals surface area contributed by atoms with Crippen LogP contribution in [0.1, 0.15) is 22.3 Å². The molecule has 0 radical (unpaired) electrons. The quantitative estimate of drug-likeness (QED) is 0.767. The normalized spacial score (nSPS) is 10.5. The maximum Gasteiger partial charge on any atom is 0.119 e. The lowest BCUT2D eigenvalue weighted by Crippen LogP contribution is -1.92. The van der Waals surface area contributed by atoms with Crippen LogP contribution in [0.4, 0.5) is 0 Å². The van der Waals surface area contributed by atoms with E-state index in [0.717, 1.165) is 23.0 Å². The third-order valence-corrected chi connectivity index (χ3v) is 4.64. The Labute approximate surface area is 131 Å². The molecule has 0 aliphatic carbocycles. The molecule has 0 N–H and O–H groups in total. The van der Waals surface area contributed by atoms with E-state index in [9.17, 15) is 0 Å². The lowest BCUT2D eigenvalue weighted by molar-refractivity contribution is 0.414. The number of benzene rings is 2. The van der Waals surface area contributed by atoms with Crippen molar-refractivity contribution < 1.29 is 9.47 Å². The van der Waals surface area contributed by atoms with Gasteiger partial charge in [0.25, 0.3) is 0 Å². The monoisotopic (exact) mass is 302 g/mol. The third-order valence-electron chi connectivity index (χ3n) is 3.61. The second kappa shape index (κ2) is 7.41. The number of ether oxygens (including phenoxy) is 2. The van der Waals surface area contributed by atoms with E-state index in [2.05, 4.69) is 38.1 Å². The summed E-state index contributed by atoms with van der Waals surface area (Å²) in [5.41, 5.74) is 5.31. The van der Waals surface area contributed by atoms with Crippen LogP contribution in [-0.4, -0.2) is 14.2 Å². The summed E-state index contributed by atoms with van der Waals surface area (Å²) in [6.07, 6.45) is 0. The summed E-state index contributed by atoms with van der Waals surface area (Å²) in [6, 6.07) is 12.6. The van der Waals surface area contributed by atoms with E-state index >= 15 is 0 Å². The number of thioether (sulfide) groups is 1. The number of hydrogen-bond donors (Lipinski definition) is 0. The molecule has 0 heterocycles. The van der Waals surface area contributed by atoms with Gasteiger partial charge in [0, 0.05) is 11.5 Å². The van der Waals surface area contributed by atoms with Crippen molar-refractivity contribution in [3.8, 4) is 11.5 Å². The number of rotatable bonds is 6. The zero-order chi connectivity index (χ0) is 15.2. The predicted octanol–water partition coefficient (Wildman–Crippen LogP) is 4.75. The van der Waals surface area contributed by atoms with E-state index in [-0.39, 0.29) is 0 Å². The highest BCUT2D eigenvalue weighted by Gasteiger charge is 2.04. The van der Waals surface area contributed by atoms with Crippen LogP contribution in [0.2, 0.25) is 0 Å². The maximum absolute atomic E-state index is 5.24. The molecule has 0 atom stereocenters. The van der Waals surface area contributed by atoms with E-state index in [0.29, 0.717) is 0 Å². The largest absolute Gasteiger partial charge is 0.497 e. The van der Waals surface area contributed by atoms with E-state index < -0.39 is 0 Å². The fraction of sp³-hybridized carbons (Fsp3) is 0.333. The SMILES string of the molecule is COc1ccc(CSCc2ccc(OC)cc2C)c(C)c1. The Kier molecular flexibility index (Phi) is 5.57. The summed E-state index contributed by atoms with van der Waals surface area (Å²) < 4.78 is 10.5. The molecule has 0 aliphatic heterocycles. The van der Waals surface area contributed by atoms with Gasteiger partial charge in [-0.3, -0.25) is 0 Å². The minimum atomic E-state index is 0.923. The molecule has 0 amide bonds. The lowest BCUT2D eigenvalue weighted by atomic mass is 10.1. The summed E-state index contributed by atoms with van der Waals surface area (Å²) in [4.78, 5) is 0. The lowest BCUT2D eigenvalue weighted by Gasteiger charge is -2.10. The van der Waals surface area contributed by atoms with E-state index in [1.165, 1.54) is 22.3 Å². The molecule has 2 aromatic rings. The second-order valence-corrected chi connectivity index (χ2v) is 6.06. The van der Waals surface area contributed by atoms with Crippen LogP contribution in [0.5, 0.6) is 11.5 Å². The van der Waals surface area contributed by atoms with Crippen molar-refractivity contribution in [1.82, 2.24) is 0 Å². The van der Waals surface area contributed by atoms with Gasteiger partial charge in [-0.1, -0.05) is 12.1 Å². The van der Waals surface area contributed by atoms with Crippen molar-refractivity contribution in [3.63, 3.8) is 0 Å². The second-order valence-electron chi connectivity index (χ2n) is 5.08. The first kappa shape index (κ1) is 15.8. The van der Waals surface area contributed by atoms with Gasteiger partial charge >= 0.3 is 0 Å². The Balaban J connectivity index is 1.95. The van der Waals surface area contributed by atoms with Gasteiger partial charge in [-0.25, -0.2) is 0 Å². The van der Waals surface area contributed by atoms with Crippen LogP contribution in [0.15, 0.2) is 36.4 Å². The number of hydrogen-bond acceptors (Lipinski definition) is 3. The molecule has 0 unspecified atom stereocenters.